The zero-order valence-corrected chi connectivity index (χ0v) is 11.7. The third kappa shape index (κ3) is 2.62. The number of hydrogen-bond donors (Lipinski definition) is 0. The van der Waals surface area contributed by atoms with Gasteiger partial charge in [0.25, 0.3) is 0 Å². The molecule has 0 radical (unpaired) electrons. The Hall–Kier alpha value is -0.870. The maximum Gasteiger partial charge on any atom is 0.233 e. The first-order chi connectivity index (χ1) is 7.66. The zero-order chi connectivity index (χ0) is 11.5. The van der Waals surface area contributed by atoms with Gasteiger partial charge in [0.1, 0.15) is 5.75 Å². The lowest BCUT2D eigenvalue weighted by Gasteiger charge is -2.08. The van der Waals surface area contributed by atoms with Crippen molar-refractivity contribution in [2.24, 2.45) is 0 Å². The Morgan fingerprint density at radius 2 is 1.94 bits per heavy atom. The monoisotopic (exact) mass is 341 g/mol. The van der Waals surface area contributed by atoms with E-state index in [0.717, 1.165) is 20.3 Å². The molecule has 1 aromatic carbocycles. The molecule has 0 aliphatic rings. The number of rotatable bonds is 2. The molecule has 2 rings (SSSR count). The van der Waals surface area contributed by atoms with Crippen LogP contribution in [0.15, 0.2) is 45.5 Å². The summed E-state index contributed by atoms with van der Waals surface area (Å²) < 4.78 is 7.45. The van der Waals surface area contributed by atoms with Gasteiger partial charge in [-0.05, 0) is 56.5 Å². The van der Waals surface area contributed by atoms with E-state index in [9.17, 15) is 0 Å². The molecule has 16 heavy (non-hydrogen) atoms. The molecule has 2 aromatic rings. The highest BCUT2D eigenvalue weighted by atomic mass is 79.9. The second kappa shape index (κ2) is 4.97. The number of aryl methyl sites for hydroxylation is 1. The van der Waals surface area contributed by atoms with Crippen LogP contribution in [-0.4, -0.2) is 4.98 Å². The Bertz CT molecular complexity index is 514. The molecular formula is C12H9Br2NO. The Morgan fingerprint density at radius 3 is 2.62 bits per heavy atom. The minimum Gasteiger partial charge on any atom is -0.438 e. The maximum atomic E-state index is 5.72. The minimum absolute atomic E-state index is 0.567. The average molecular weight is 343 g/mol. The first-order valence-corrected chi connectivity index (χ1v) is 6.30. The molecule has 2 nitrogen and oxygen atoms in total. The standard InChI is InChI=1S/C12H9Br2NO/c1-8-4-2-3-5-11(8)16-12-10(14)6-9(13)7-15-12/h2-7H,1H3. The summed E-state index contributed by atoms with van der Waals surface area (Å²) in [5, 5.41) is 0. The van der Waals surface area contributed by atoms with Crippen LogP contribution in [0.5, 0.6) is 11.6 Å². The zero-order valence-electron chi connectivity index (χ0n) is 8.58. The molecule has 0 bridgehead atoms. The van der Waals surface area contributed by atoms with Crippen LogP contribution in [-0.2, 0) is 0 Å². The molecule has 0 atom stereocenters. The van der Waals surface area contributed by atoms with E-state index in [0.29, 0.717) is 5.88 Å². The van der Waals surface area contributed by atoms with E-state index in [-0.39, 0.29) is 0 Å². The summed E-state index contributed by atoms with van der Waals surface area (Å²) in [5.41, 5.74) is 1.08. The lowest BCUT2D eigenvalue weighted by molar-refractivity contribution is 0.456. The van der Waals surface area contributed by atoms with Gasteiger partial charge < -0.3 is 4.74 Å². The van der Waals surface area contributed by atoms with Gasteiger partial charge in [0.05, 0.1) is 4.47 Å². The van der Waals surface area contributed by atoms with Crippen LogP contribution in [0.1, 0.15) is 5.56 Å². The van der Waals surface area contributed by atoms with Crippen LogP contribution in [0.4, 0.5) is 0 Å². The van der Waals surface area contributed by atoms with Crippen LogP contribution >= 0.6 is 31.9 Å². The molecule has 0 saturated heterocycles. The van der Waals surface area contributed by atoms with Gasteiger partial charge in [-0.15, -0.1) is 0 Å². The largest absolute Gasteiger partial charge is 0.438 e. The summed E-state index contributed by atoms with van der Waals surface area (Å²) in [7, 11) is 0. The predicted octanol–water partition coefficient (Wildman–Crippen LogP) is 4.71. The molecule has 0 N–H and O–H groups in total. The summed E-state index contributed by atoms with van der Waals surface area (Å²) in [5.74, 6) is 1.38. The Morgan fingerprint density at radius 1 is 1.19 bits per heavy atom. The van der Waals surface area contributed by atoms with Crippen LogP contribution in [0.25, 0.3) is 0 Å². The second-order valence-corrected chi connectivity index (χ2v) is 5.08. The highest BCUT2D eigenvalue weighted by Crippen LogP contribution is 2.30. The van der Waals surface area contributed by atoms with Gasteiger partial charge in [-0.3, -0.25) is 0 Å². The smallest absolute Gasteiger partial charge is 0.233 e. The number of aromatic nitrogens is 1. The van der Waals surface area contributed by atoms with E-state index in [1.165, 1.54) is 0 Å². The van der Waals surface area contributed by atoms with Crippen molar-refractivity contribution in [3.63, 3.8) is 0 Å². The summed E-state index contributed by atoms with van der Waals surface area (Å²) >= 11 is 6.76. The first-order valence-electron chi connectivity index (χ1n) is 4.71. The van der Waals surface area contributed by atoms with E-state index in [1.807, 2.05) is 37.3 Å². The quantitative estimate of drug-likeness (QED) is 0.788. The van der Waals surface area contributed by atoms with Crippen molar-refractivity contribution in [1.82, 2.24) is 4.98 Å². The van der Waals surface area contributed by atoms with Gasteiger partial charge in [-0.25, -0.2) is 4.98 Å². The van der Waals surface area contributed by atoms with Gasteiger partial charge in [0.15, 0.2) is 0 Å². The molecule has 1 heterocycles. The normalized spacial score (nSPS) is 10.2. The number of para-hydroxylation sites is 1. The van der Waals surface area contributed by atoms with Crippen LogP contribution in [0.2, 0.25) is 0 Å². The first kappa shape index (κ1) is 11.6. The summed E-state index contributed by atoms with van der Waals surface area (Å²) in [6, 6.07) is 9.75. The highest BCUT2D eigenvalue weighted by Gasteiger charge is 2.06. The molecule has 0 amide bonds. The van der Waals surface area contributed by atoms with Crippen molar-refractivity contribution in [2.45, 2.75) is 6.92 Å². The highest BCUT2D eigenvalue weighted by molar-refractivity contribution is 9.11. The van der Waals surface area contributed by atoms with E-state index < -0.39 is 0 Å². The fraction of sp³-hybridized carbons (Fsp3) is 0.0833. The fourth-order valence-corrected chi connectivity index (χ4v) is 2.32. The van der Waals surface area contributed by atoms with Crippen LogP contribution in [0.3, 0.4) is 0 Å². The predicted molar refractivity (Wildman–Crippen MR) is 70.9 cm³/mol. The summed E-state index contributed by atoms with van der Waals surface area (Å²) in [4.78, 5) is 4.20. The van der Waals surface area contributed by atoms with Gasteiger partial charge in [-0.2, -0.15) is 0 Å². The molecule has 0 fully saturated rings. The molecule has 0 aliphatic heterocycles. The van der Waals surface area contributed by atoms with Gasteiger partial charge in [0, 0.05) is 10.7 Å². The SMILES string of the molecule is Cc1ccccc1Oc1ncc(Br)cc1Br. The third-order valence-corrected chi connectivity index (χ3v) is 3.08. The molecule has 0 unspecified atom stereocenters. The maximum absolute atomic E-state index is 5.72. The van der Waals surface area contributed by atoms with Crippen molar-refractivity contribution < 1.29 is 4.74 Å². The molecule has 4 heteroatoms. The third-order valence-electron chi connectivity index (χ3n) is 2.07. The molecule has 0 aliphatic carbocycles. The fourth-order valence-electron chi connectivity index (χ4n) is 1.25. The van der Waals surface area contributed by atoms with E-state index in [1.54, 1.807) is 6.20 Å². The van der Waals surface area contributed by atoms with Crippen LogP contribution in [0, 0.1) is 6.92 Å². The average Bonchev–Trinajstić information content (AvgIpc) is 2.25. The van der Waals surface area contributed by atoms with E-state index >= 15 is 0 Å². The Balaban J connectivity index is 2.31. The van der Waals surface area contributed by atoms with Crippen molar-refractivity contribution in [3.8, 4) is 11.6 Å². The second-order valence-electron chi connectivity index (χ2n) is 3.31. The molecule has 1 aromatic heterocycles. The van der Waals surface area contributed by atoms with Crippen molar-refractivity contribution in [3.05, 3.63) is 51.0 Å². The van der Waals surface area contributed by atoms with Crippen molar-refractivity contribution >= 4 is 31.9 Å². The van der Waals surface area contributed by atoms with E-state index in [4.69, 9.17) is 4.74 Å². The molecule has 82 valence electrons. The Labute approximate surface area is 111 Å². The van der Waals surface area contributed by atoms with Crippen molar-refractivity contribution in [2.75, 3.05) is 0 Å². The number of nitrogens with zero attached hydrogens (tertiary/aromatic N) is 1. The van der Waals surface area contributed by atoms with Gasteiger partial charge in [0.2, 0.25) is 5.88 Å². The van der Waals surface area contributed by atoms with Crippen molar-refractivity contribution in [1.29, 1.82) is 0 Å². The number of ether oxygens (including phenoxy) is 1. The van der Waals surface area contributed by atoms with E-state index in [2.05, 4.69) is 36.8 Å². The molecule has 0 spiro atoms. The summed E-state index contributed by atoms with van der Waals surface area (Å²) in [6.07, 6.45) is 1.71. The molecule has 0 saturated carbocycles. The minimum atomic E-state index is 0.567. The number of pyridine rings is 1. The van der Waals surface area contributed by atoms with Crippen LogP contribution < -0.4 is 4.74 Å². The number of benzene rings is 1. The number of hydrogen-bond acceptors (Lipinski definition) is 2. The lowest BCUT2D eigenvalue weighted by atomic mass is 10.2. The Kier molecular flexibility index (Phi) is 3.61. The van der Waals surface area contributed by atoms with Gasteiger partial charge >= 0.3 is 0 Å². The molecular weight excluding hydrogens is 334 g/mol. The van der Waals surface area contributed by atoms with Gasteiger partial charge in [-0.1, -0.05) is 18.2 Å². The number of halogens is 2. The topological polar surface area (TPSA) is 22.1 Å². The summed E-state index contributed by atoms with van der Waals surface area (Å²) in [6.45, 7) is 2.00. The lowest BCUT2D eigenvalue weighted by Crippen LogP contribution is -1.90.